The van der Waals surface area contributed by atoms with E-state index in [1.807, 2.05) is 25.1 Å². The Balaban J connectivity index is 1.79. The quantitative estimate of drug-likeness (QED) is 0.782. The number of hydrogen-bond donors (Lipinski definition) is 1. The Hall–Kier alpha value is -1.52. The van der Waals surface area contributed by atoms with Crippen LogP contribution in [0.2, 0.25) is 0 Å². The number of nitrogens with one attached hydrogen (secondary N) is 1. The van der Waals surface area contributed by atoms with Crippen molar-refractivity contribution in [2.24, 2.45) is 0 Å². The minimum Gasteiger partial charge on any atom is -0.493 e. The summed E-state index contributed by atoms with van der Waals surface area (Å²) in [6, 6.07) is 6.04. The lowest BCUT2D eigenvalue weighted by Crippen LogP contribution is -3.15. The maximum atomic E-state index is 5.91. The second kappa shape index (κ2) is 8.94. The van der Waals surface area contributed by atoms with E-state index in [1.165, 1.54) is 0 Å². The molecule has 2 rings (SSSR count). The van der Waals surface area contributed by atoms with E-state index in [1.54, 1.807) is 12.0 Å². The van der Waals surface area contributed by atoms with Gasteiger partial charge in [-0.3, -0.25) is 0 Å². The predicted octanol–water partition coefficient (Wildman–Crippen LogP) is 2.19. The van der Waals surface area contributed by atoms with Gasteiger partial charge in [-0.05, 0) is 38.5 Å². The molecule has 1 fully saturated rings. The van der Waals surface area contributed by atoms with Crippen molar-refractivity contribution >= 4 is 6.08 Å². The zero-order chi connectivity index (χ0) is 16.7. The molecule has 128 valence electrons. The van der Waals surface area contributed by atoms with Gasteiger partial charge in [-0.2, -0.15) is 0 Å². The number of quaternary nitrogens is 1. The maximum absolute atomic E-state index is 5.91. The Kier molecular flexibility index (Phi) is 6.93. The van der Waals surface area contributed by atoms with Crippen LogP contribution in [0.1, 0.15) is 32.8 Å². The van der Waals surface area contributed by atoms with Crippen molar-refractivity contribution in [3.8, 4) is 11.5 Å². The Morgan fingerprint density at radius 2 is 1.96 bits per heavy atom. The summed E-state index contributed by atoms with van der Waals surface area (Å²) < 4.78 is 17.1. The van der Waals surface area contributed by atoms with Crippen molar-refractivity contribution in [1.82, 2.24) is 0 Å². The van der Waals surface area contributed by atoms with Gasteiger partial charge in [-0.15, -0.1) is 0 Å². The van der Waals surface area contributed by atoms with E-state index >= 15 is 0 Å². The molecule has 0 radical (unpaired) electrons. The van der Waals surface area contributed by atoms with Crippen LogP contribution in [0, 0.1) is 0 Å². The summed E-state index contributed by atoms with van der Waals surface area (Å²) >= 11 is 0. The fourth-order valence-electron chi connectivity index (χ4n) is 3.20. The molecule has 1 aliphatic heterocycles. The van der Waals surface area contributed by atoms with Crippen LogP contribution in [0.25, 0.3) is 6.08 Å². The standard InChI is InChI=1S/C19H29NO3/c1-5-7-17-8-9-18(19(12-17)21-4)22-11-6-10-20-13-15(2)23-16(3)14-20/h5,7-9,12,15-16H,6,10-11,13-14H2,1-4H3/p+1/b7-5+/t15-,16+. The van der Waals surface area contributed by atoms with Crippen LogP contribution in [0.15, 0.2) is 24.3 Å². The van der Waals surface area contributed by atoms with Crippen molar-refractivity contribution in [2.75, 3.05) is 33.4 Å². The minimum absolute atomic E-state index is 0.355. The topological polar surface area (TPSA) is 32.1 Å². The highest BCUT2D eigenvalue weighted by Gasteiger charge is 2.24. The highest BCUT2D eigenvalue weighted by molar-refractivity contribution is 5.55. The lowest BCUT2D eigenvalue weighted by Gasteiger charge is -2.32. The SMILES string of the molecule is C/C=C/c1ccc(OCCC[NH+]2C[C@@H](C)O[C@@H](C)C2)c(OC)c1. The smallest absolute Gasteiger partial charge is 0.161 e. The van der Waals surface area contributed by atoms with Crippen molar-refractivity contribution in [3.63, 3.8) is 0 Å². The average Bonchev–Trinajstić information content (AvgIpc) is 2.52. The summed E-state index contributed by atoms with van der Waals surface area (Å²) in [5, 5.41) is 0. The van der Waals surface area contributed by atoms with E-state index in [4.69, 9.17) is 14.2 Å². The molecule has 1 aromatic rings. The average molecular weight is 320 g/mol. The lowest BCUT2D eigenvalue weighted by atomic mass is 10.2. The van der Waals surface area contributed by atoms with E-state index in [0.29, 0.717) is 18.8 Å². The molecule has 1 heterocycles. The Labute approximate surface area is 140 Å². The fraction of sp³-hybridized carbons (Fsp3) is 0.579. The number of benzene rings is 1. The third-order valence-corrected chi connectivity index (χ3v) is 4.10. The first-order valence-corrected chi connectivity index (χ1v) is 8.55. The molecule has 1 unspecified atom stereocenters. The molecular formula is C19H30NO3+. The molecule has 0 amide bonds. The van der Waals surface area contributed by atoms with Gasteiger partial charge in [0.1, 0.15) is 25.3 Å². The highest BCUT2D eigenvalue weighted by atomic mass is 16.5. The van der Waals surface area contributed by atoms with Crippen LogP contribution >= 0.6 is 0 Å². The number of morpholine rings is 1. The normalized spacial score (nSPS) is 24.8. The lowest BCUT2D eigenvalue weighted by molar-refractivity contribution is -0.915. The number of rotatable bonds is 7. The van der Waals surface area contributed by atoms with Crippen LogP contribution in [0.3, 0.4) is 0 Å². The first-order chi connectivity index (χ1) is 11.1. The molecule has 1 N–H and O–H groups in total. The van der Waals surface area contributed by atoms with E-state index in [0.717, 1.165) is 43.1 Å². The van der Waals surface area contributed by atoms with Gasteiger partial charge in [0.05, 0.1) is 20.3 Å². The molecule has 1 aromatic carbocycles. The van der Waals surface area contributed by atoms with Gasteiger partial charge < -0.3 is 19.1 Å². The zero-order valence-corrected chi connectivity index (χ0v) is 14.8. The van der Waals surface area contributed by atoms with Gasteiger partial charge in [-0.25, -0.2) is 0 Å². The molecule has 3 atom stereocenters. The van der Waals surface area contributed by atoms with E-state index < -0.39 is 0 Å². The summed E-state index contributed by atoms with van der Waals surface area (Å²) in [5.74, 6) is 1.61. The monoisotopic (exact) mass is 320 g/mol. The van der Waals surface area contributed by atoms with Gasteiger partial charge in [-0.1, -0.05) is 18.2 Å². The number of allylic oxidation sites excluding steroid dienone is 1. The van der Waals surface area contributed by atoms with Crippen LogP contribution in [0.5, 0.6) is 11.5 Å². The second-order valence-electron chi connectivity index (χ2n) is 6.28. The molecule has 0 spiro atoms. The second-order valence-corrected chi connectivity index (χ2v) is 6.28. The molecule has 0 bridgehead atoms. The largest absolute Gasteiger partial charge is 0.493 e. The van der Waals surface area contributed by atoms with Crippen LogP contribution in [0.4, 0.5) is 0 Å². The summed E-state index contributed by atoms with van der Waals surface area (Å²) in [4.78, 5) is 1.61. The van der Waals surface area contributed by atoms with Gasteiger partial charge in [0.15, 0.2) is 11.5 Å². The summed E-state index contributed by atoms with van der Waals surface area (Å²) in [6.45, 7) is 10.3. The number of ether oxygens (including phenoxy) is 3. The van der Waals surface area contributed by atoms with Crippen molar-refractivity contribution in [2.45, 2.75) is 39.4 Å². The van der Waals surface area contributed by atoms with Crippen molar-refractivity contribution < 1.29 is 19.1 Å². The van der Waals surface area contributed by atoms with E-state index in [-0.39, 0.29) is 0 Å². The first-order valence-electron chi connectivity index (χ1n) is 8.55. The Bertz CT molecular complexity index is 505. The predicted molar refractivity (Wildman–Crippen MR) is 93.4 cm³/mol. The van der Waals surface area contributed by atoms with Crippen molar-refractivity contribution in [1.29, 1.82) is 0 Å². The van der Waals surface area contributed by atoms with Crippen LogP contribution < -0.4 is 14.4 Å². The molecule has 1 saturated heterocycles. The van der Waals surface area contributed by atoms with Gasteiger partial charge in [0.2, 0.25) is 0 Å². The van der Waals surface area contributed by atoms with Crippen molar-refractivity contribution in [3.05, 3.63) is 29.8 Å². The molecular weight excluding hydrogens is 290 g/mol. The molecule has 0 aliphatic carbocycles. The Morgan fingerprint density at radius 1 is 1.22 bits per heavy atom. The molecule has 23 heavy (non-hydrogen) atoms. The van der Waals surface area contributed by atoms with Gasteiger partial charge in [0.25, 0.3) is 0 Å². The van der Waals surface area contributed by atoms with Crippen LogP contribution in [-0.4, -0.2) is 45.6 Å². The van der Waals surface area contributed by atoms with Gasteiger partial charge >= 0.3 is 0 Å². The number of methoxy groups -OCH3 is 1. The van der Waals surface area contributed by atoms with Gasteiger partial charge in [0, 0.05) is 6.42 Å². The number of hydrogen-bond acceptors (Lipinski definition) is 3. The molecule has 4 heteroatoms. The Morgan fingerprint density at radius 3 is 2.61 bits per heavy atom. The van der Waals surface area contributed by atoms with Crippen LogP contribution in [-0.2, 0) is 4.74 Å². The third kappa shape index (κ3) is 5.56. The summed E-state index contributed by atoms with van der Waals surface area (Å²) in [7, 11) is 1.68. The third-order valence-electron chi connectivity index (χ3n) is 4.10. The highest BCUT2D eigenvalue weighted by Crippen LogP contribution is 2.28. The summed E-state index contributed by atoms with van der Waals surface area (Å²) in [6.07, 6.45) is 5.82. The fourth-order valence-corrected chi connectivity index (χ4v) is 3.20. The molecule has 4 nitrogen and oxygen atoms in total. The molecule has 0 aromatic heterocycles. The van der Waals surface area contributed by atoms with E-state index in [2.05, 4.69) is 26.0 Å². The van der Waals surface area contributed by atoms with E-state index in [9.17, 15) is 0 Å². The first kappa shape index (κ1) is 17.8. The summed E-state index contributed by atoms with van der Waals surface area (Å²) in [5.41, 5.74) is 1.12. The maximum Gasteiger partial charge on any atom is 0.161 e. The molecule has 1 aliphatic rings. The molecule has 0 saturated carbocycles. The minimum atomic E-state index is 0.355. The zero-order valence-electron chi connectivity index (χ0n) is 14.8.